The Morgan fingerprint density at radius 2 is 1.93 bits per heavy atom. The maximum absolute atomic E-state index is 13.8. The fraction of sp³-hybridized carbons (Fsp3) is 0.682. The van der Waals surface area contributed by atoms with Crippen molar-refractivity contribution >= 4 is 17.8 Å². The van der Waals surface area contributed by atoms with Crippen LogP contribution in [0.3, 0.4) is 0 Å². The normalized spacial score (nSPS) is 35.7. The molecule has 8 heteroatoms. The van der Waals surface area contributed by atoms with Gasteiger partial charge in [0.1, 0.15) is 24.2 Å². The number of ether oxygens (including phenoxy) is 2. The van der Waals surface area contributed by atoms with Crippen molar-refractivity contribution in [3.8, 4) is 0 Å². The molecule has 8 nitrogen and oxygen atoms in total. The fourth-order valence-corrected chi connectivity index (χ4v) is 5.21. The lowest BCUT2D eigenvalue weighted by Gasteiger charge is -2.40. The Bertz CT molecular complexity index is 800. The number of rotatable bonds is 4. The van der Waals surface area contributed by atoms with Gasteiger partial charge in [0.15, 0.2) is 0 Å². The van der Waals surface area contributed by atoms with Gasteiger partial charge in [-0.25, -0.2) is 0 Å². The summed E-state index contributed by atoms with van der Waals surface area (Å²) < 4.78 is 11.7. The molecule has 5 atom stereocenters. The molecule has 1 spiro atoms. The van der Waals surface area contributed by atoms with E-state index in [-0.39, 0.29) is 25.0 Å². The van der Waals surface area contributed by atoms with Gasteiger partial charge in [0.25, 0.3) is 0 Å². The molecule has 0 aromatic heterocycles. The Hall–Kier alpha value is -2.19. The van der Waals surface area contributed by atoms with Crippen molar-refractivity contribution in [3.05, 3.63) is 24.3 Å². The number of nitrogens with zero attached hydrogens (tertiary/aromatic N) is 2. The number of aliphatic hydroxyl groups is 1. The van der Waals surface area contributed by atoms with Gasteiger partial charge in [-0.1, -0.05) is 18.2 Å². The van der Waals surface area contributed by atoms with E-state index in [4.69, 9.17) is 9.47 Å². The van der Waals surface area contributed by atoms with Crippen LogP contribution < -0.4 is 0 Å². The second-order valence-electron chi connectivity index (χ2n) is 9.38. The first-order valence-corrected chi connectivity index (χ1v) is 10.6. The molecule has 4 rings (SSSR count). The number of unbranched alkanes of at least 4 members (excludes halogenated alkanes) is 1. The van der Waals surface area contributed by atoms with E-state index in [9.17, 15) is 19.5 Å². The molecule has 2 fully saturated rings. The van der Waals surface area contributed by atoms with Crippen LogP contribution in [-0.4, -0.2) is 82.3 Å². The van der Waals surface area contributed by atoms with E-state index >= 15 is 0 Å². The summed E-state index contributed by atoms with van der Waals surface area (Å²) in [5, 5.41) is 9.18. The summed E-state index contributed by atoms with van der Waals surface area (Å²) in [4.78, 5) is 43.5. The number of likely N-dealkylation sites (tertiary alicyclic amines) is 1. The van der Waals surface area contributed by atoms with Gasteiger partial charge < -0.3 is 24.4 Å². The quantitative estimate of drug-likeness (QED) is 0.409. The number of aliphatic hydroxyl groups excluding tert-OH is 1. The molecule has 0 saturated carbocycles. The van der Waals surface area contributed by atoms with Gasteiger partial charge >= 0.3 is 5.97 Å². The standard InChI is InChI=1S/C22H30N2O6/c1-21(2,3)24-11-7-9-22-16(15-14(30-22)8-6-13-29-20(15)28)18(26)23(10-4-5-12-25)17(22)19(24)27/h6-9,14-17,25H,4-5,10-13H2,1-3H3/t14-,15+,16+,17?,22+/m1/s1. The average molecular weight is 418 g/mol. The van der Waals surface area contributed by atoms with E-state index in [1.165, 1.54) is 0 Å². The van der Waals surface area contributed by atoms with E-state index < -0.39 is 41.1 Å². The van der Waals surface area contributed by atoms with Crippen LogP contribution in [0.2, 0.25) is 0 Å². The van der Waals surface area contributed by atoms with Crippen molar-refractivity contribution in [1.29, 1.82) is 0 Å². The van der Waals surface area contributed by atoms with Gasteiger partial charge in [-0.3, -0.25) is 14.4 Å². The van der Waals surface area contributed by atoms with Crippen molar-refractivity contribution in [2.45, 2.75) is 56.9 Å². The van der Waals surface area contributed by atoms with E-state index in [0.29, 0.717) is 25.9 Å². The maximum atomic E-state index is 13.8. The summed E-state index contributed by atoms with van der Waals surface area (Å²) in [6.07, 6.45) is 7.68. The Morgan fingerprint density at radius 3 is 2.63 bits per heavy atom. The molecule has 4 aliphatic rings. The van der Waals surface area contributed by atoms with E-state index in [1.807, 2.05) is 32.9 Å². The Labute approximate surface area is 176 Å². The second kappa shape index (κ2) is 7.50. The zero-order valence-corrected chi connectivity index (χ0v) is 17.7. The van der Waals surface area contributed by atoms with Crippen molar-refractivity contribution in [1.82, 2.24) is 9.80 Å². The first kappa shape index (κ1) is 21.1. The minimum Gasteiger partial charge on any atom is -0.461 e. The van der Waals surface area contributed by atoms with Gasteiger partial charge in [-0.15, -0.1) is 0 Å². The molecule has 4 aliphatic heterocycles. The van der Waals surface area contributed by atoms with Gasteiger partial charge in [0.05, 0.1) is 12.0 Å². The molecular formula is C22H30N2O6. The summed E-state index contributed by atoms with van der Waals surface area (Å²) in [6.45, 7) is 6.78. The van der Waals surface area contributed by atoms with Gasteiger partial charge in [0.2, 0.25) is 11.8 Å². The Kier molecular flexibility index (Phi) is 5.26. The minimum atomic E-state index is -1.20. The maximum Gasteiger partial charge on any atom is 0.313 e. The third kappa shape index (κ3) is 3.08. The average Bonchev–Trinajstić information content (AvgIpc) is 2.95. The van der Waals surface area contributed by atoms with E-state index in [0.717, 1.165) is 0 Å². The van der Waals surface area contributed by atoms with Gasteiger partial charge in [-0.2, -0.15) is 0 Å². The SMILES string of the molecule is CC(C)(C)N1CC=C[C@]23O[C@@H]4C=CCOC(=O)[C@@H]4[C@H]2C(=O)N(CCCCO)C3C1=O. The highest BCUT2D eigenvalue weighted by atomic mass is 16.6. The molecule has 164 valence electrons. The molecule has 4 heterocycles. The summed E-state index contributed by atoms with van der Waals surface area (Å²) in [6, 6.07) is -0.847. The first-order valence-electron chi connectivity index (χ1n) is 10.6. The molecule has 0 bridgehead atoms. The lowest BCUT2D eigenvalue weighted by Crippen LogP contribution is -2.58. The predicted molar refractivity (Wildman–Crippen MR) is 107 cm³/mol. The lowest BCUT2D eigenvalue weighted by atomic mass is 9.78. The number of esters is 1. The molecule has 2 saturated heterocycles. The number of hydrogen-bond donors (Lipinski definition) is 1. The highest BCUT2D eigenvalue weighted by Crippen LogP contribution is 2.53. The summed E-state index contributed by atoms with van der Waals surface area (Å²) in [5.41, 5.74) is -1.64. The van der Waals surface area contributed by atoms with Crippen molar-refractivity contribution < 1.29 is 29.0 Å². The van der Waals surface area contributed by atoms with Crippen molar-refractivity contribution in [2.24, 2.45) is 11.8 Å². The largest absolute Gasteiger partial charge is 0.461 e. The first-order chi connectivity index (χ1) is 14.2. The number of hydrogen-bond acceptors (Lipinski definition) is 6. The van der Waals surface area contributed by atoms with Crippen LogP contribution in [0.4, 0.5) is 0 Å². The number of fused-ring (bicyclic) bond motifs is 2. The Balaban J connectivity index is 1.80. The smallest absolute Gasteiger partial charge is 0.313 e. The summed E-state index contributed by atoms with van der Waals surface area (Å²) in [5.74, 6) is -2.49. The highest BCUT2D eigenvalue weighted by molar-refractivity contribution is 5.99. The van der Waals surface area contributed by atoms with Crippen LogP contribution in [0.15, 0.2) is 24.3 Å². The van der Waals surface area contributed by atoms with Crippen molar-refractivity contribution in [3.63, 3.8) is 0 Å². The third-order valence-electron chi connectivity index (χ3n) is 6.53. The zero-order chi connectivity index (χ0) is 21.7. The molecule has 0 aromatic rings. The molecule has 0 aromatic carbocycles. The lowest BCUT2D eigenvalue weighted by molar-refractivity contribution is -0.154. The Morgan fingerprint density at radius 1 is 1.17 bits per heavy atom. The number of cyclic esters (lactones) is 1. The third-order valence-corrected chi connectivity index (χ3v) is 6.53. The number of amides is 2. The molecule has 0 aliphatic carbocycles. The van der Waals surface area contributed by atoms with Crippen LogP contribution in [-0.2, 0) is 23.9 Å². The molecule has 30 heavy (non-hydrogen) atoms. The van der Waals surface area contributed by atoms with Gasteiger partial charge in [-0.05, 0) is 39.7 Å². The van der Waals surface area contributed by atoms with Crippen LogP contribution in [0.25, 0.3) is 0 Å². The zero-order valence-electron chi connectivity index (χ0n) is 17.7. The number of carbonyl (C=O) groups is 3. The molecular weight excluding hydrogens is 388 g/mol. The fourth-order valence-electron chi connectivity index (χ4n) is 5.21. The minimum absolute atomic E-state index is 0.0154. The highest BCUT2D eigenvalue weighted by Gasteiger charge is 2.72. The molecule has 1 N–H and O–H groups in total. The molecule has 2 amide bonds. The van der Waals surface area contributed by atoms with Gasteiger partial charge in [0, 0.05) is 25.2 Å². The number of carbonyl (C=O) groups excluding carboxylic acids is 3. The van der Waals surface area contributed by atoms with Crippen LogP contribution in [0.5, 0.6) is 0 Å². The van der Waals surface area contributed by atoms with Crippen molar-refractivity contribution in [2.75, 3.05) is 26.3 Å². The second-order valence-corrected chi connectivity index (χ2v) is 9.38. The van der Waals surface area contributed by atoms with Crippen LogP contribution >= 0.6 is 0 Å². The molecule has 1 unspecified atom stereocenters. The predicted octanol–water partition coefficient (Wildman–Crippen LogP) is 0.650. The van der Waals surface area contributed by atoms with E-state index in [2.05, 4.69) is 0 Å². The van der Waals surface area contributed by atoms with E-state index in [1.54, 1.807) is 22.0 Å². The monoisotopic (exact) mass is 418 g/mol. The van der Waals surface area contributed by atoms with Crippen LogP contribution in [0.1, 0.15) is 33.6 Å². The summed E-state index contributed by atoms with van der Waals surface area (Å²) >= 11 is 0. The topological polar surface area (TPSA) is 96.4 Å². The molecule has 0 radical (unpaired) electrons. The van der Waals surface area contributed by atoms with Crippen LogP contribution in [0, 0.1) is 11.8 Å². The summed E-state index contributed by atoms with van der Waals surface area (Å²) in [7, 11) is 0.